The van der Waals surface area contributed by atoms with Crippen LogP contribution in [0, 0.1) is 5.92 Å². The normalized spacial score (nSPS) is 6.86. The van der Waals surface area contributed by atoms with E-state index in [1.165, 1.54) is 12.3 Å². The summed E-state index contributed by atoms with van der Waals surface area (Å²) < 4.78 is 0. The van der Waals surface area contributed by atoms with E-state index in [1.54, 1.807) is 0 Å². The molecule has 0 nitrogen and oxygen atoms in total. The van der Waals surface area contributed by atoms with E-state index in [2.05, 4.69) is 20.8 Å². The fourth-order valence-corrected chi connectivity index (χ4v) is 0. The molecule has 0 unspecified atom stereocenters. The van der Waals surface area contributed by atoms with E-state index in [0.717, 1.165) is 0 Å². The fourth-order valence-electron chi connectivity index (χ4n) is 0. The van der Waals surface area contributed by atoms with Crippen molar-refractivity contribution < 1.29 is 19.5 Å². The maximum atomic E-state index is 2.16. The predicted molar refractivity (Wildman–Crippen MR) is 35.2 cm³/mol. The summed E-state index contributed by atoms with van der Waals surface area (Å²) in [7, 11) is 0. The SMILES string of the molecule is Br.CC[C-](C)C.[Zn]. The zero-order chi connectivity index (χ0) is 4.28. The molecule has 2 heteroatoms. The van der Waals surface area contributed by atoms with Crippen molar-refractivity contribution >= 4 is 17.0 Å². The van der Waals surface area contributed by atoms with Crippen molar-refractivity contribution in [2.75, 3.05) is 0 Å². The van der Waals surface area contributed by atoms with Gasteiger partial charge in [-0.25, -0.2) is 0 Å². The zero-order valence-corrected chi connectivity index (χ0v) is 10.0. The molecule has 0 heterocycles. The zero-order valence-electron chi connectivity index (χ0n) is 5.32. The van der Waals surface area contributed by atoms with Gasteiger partial charge in [-0.1, -0.05) is 6.92 Å². The van der Waals surface area contributed by atoms with Gasteiger partial charge in [-0.3, -0.25) is 0 Å². The third-order valence-electron chi connectivity index (χ3n) is 0.707. The molecule has 0 spiro atoms. The van der Waals surface area contributed by atoms with Crippen LogP contribution in [0.3, 0.4) is 0 Å². The maximum Gasteiger partial charge on any atom is 0 e. The third kappa shape index (κ3) is 19.2. The molecule has 0 radical (unpaired) electrons. The van der Waals surface area contributed by atoms with E-state index in [-0.39, 0.29) is 36.5 Å². The Morgan fingerprint density at radius 2 is 1.43 bits per heavy atom. The van der Waals surface area contributed by atoms with Crippen molar-refractivity contribution in [3.05, 3.63) is 5.92 Å². The van der Waals surface area contributed by atoms with Gasteiger partial charge in [0.1, 0.15) is 0 Å². The van der Waals surface area contributed by atoms with Gasteiger partial charge in [0.15, 0.2) is 0 Å². The van der Waals surface area contributed by atoms with Crippen molar-refractivity contribution in [2.24, 2.45) is 0 Å². The van der Waals surface area contributed by atoms with Crippen LogP contribution in [-0.4, -0.2) is 0 Å². The van der Waals surface area contributed by atoms with Crippen LogP contribution in [0.4, 0.5) is 0 Å². The van der Waals surface area contributed by atoms with Crippen molar-refractivity contribution in [1.82, 2.24) is 0 Å². The van der Waals surface area contributed by atoms with Crippen LogP contribution < -0.4 is 0 Å². The van der Waals surface area contributed by atoms with Crippen LogP contribution in [0.2, 0.25) is 0 Å². The van der Waals surface area contributed by atoms with Gasteiger partial charge >= 0.3 is 0 Å². The summed E-state index contributed by atoms with van der Waals surface area (Å²) in [5.41, 5.74) is 0. The average molecular weight is 217 g/mol. The number of hydrogen-bond donors (Lipinski definition) is 0. The van der Waals surface area contributed by atoms with E-state index in [4.69, 9.17) is 0 Å². The molecule has 0 rings (SSSR count). The molecular formula is C5H12BrZn-. The Morgan fingerprint density at radius 1 is 1.29 bits per heavy atom. The summed E-state index contributed by atoms with van der Waals surface area (Å²) in [6.45, 7) is 6.44. The van der Waals surface area contributed by atoms with Crippen LogP contribution in [-0.2, 0) is 19.5 Å². The van der Waals surface area contributed by atoms with Crippen molar-refractivity contribution in [3.63, 3.8) is 0 Å². The maximum absolute atomic E-state index is 2.16. The van der Waals surface area contributed by atoms with Crippen molar-refractivity contribution in [1.29, 1.82) is 0 Å². The van der Waals surface area contributed by atoms with Crippen LogP contribution in [0.5, 0.6) is 0 Å². The molecule has 0 aromatic rings. The van der Waals surface area contributed by atoms with Crippen molar-refractivity contribution in [2.45, 2.75) is 27.2 Å². The summed E-state index contributed by atoms with van der Waals surface area (Å²) in [5.74, 6) is 1.50. The number of halogens is 1. The van der Waals surface area contributed by atoms with Gasteiger partial charge in [0.25, 0.3) is 0 Å². The Balaban J connectivity index is -0.0000000800. The summed E-state index contributed by atoms with van der Waals surface area (Å²) in [6.07, 6.45) is 1.22. The van der Waals surface area contributed by atoms with Gasteiger partial charge < -0.3 is 5.92 Å². The Morgan fingerprint density at radius 3 is 1.43 bits per heavy atom. The van der Waals surface area contributed by atoms with Gasteiger partial charge in [-0.05, 0) is 0 Å². The molecule has 0 aliphatic rings. The largest absolute Gasteiger partial charge is 0.320 e. The van der Waals surface area contributed by atoms with Crippen molar-refractivity contribution in [3.8, 4) is 0 Å². The molecular weight excluding hydrogens is 205 g/mol. The Kier molecular flexibility index (Phi) is 22.8. The first-order valence-corrected chi connectivity index (χ1v) is 2.06. The minimum atomic E-state index is 0. The minimum Gasteiger partial charge on any atom is -0.320 e. The van der Waals surface area contributed by atoms with E-state index in [0.29, 0.717) is 0 Å². The molecule has 0 saturated heterocycles. The monoisotopic (exact) mass is 215 g/mol. The number of rotatable bonds is 1. The molecule has 0 saturated carbocycles. The van der Waals surface area contributed by atoms with Crippen LogP contribution in [0.1, 0.15) is 27.2 Å². The molecule has 0 atom stereocenters. The molecule has 42 valence electrons. The molecule has 0 bridgehead atoms. The van der Waals surface area contributed by atoms with E-state index < -0.39 is 0 Å². The van der Waals surface area contributed by atoms with Crippen LogP contribution in [0.15, 0.2) is 0 Å². The van der Waals surface area contributed by atoms with Gasteiger partial charge in [0.05, 0.1) is 0 Å². The quantitative estimate of drug-likeness (QED) is 0.468. The molecule has 0 aromatic carbocycles. The van der Waals surface area contributed by atoms with E-state index >= 15 is 0 Å². The van der Waals surface area contributed by atoms with Gasteiger partial charge in [-0.15, -0.1) is 17.0 Å². The van der Waals surface area contributed by atoms with E-state index in [9.17, 15) is 0 Å². The van der Waals surface area contributed by atoms with Gasteiger partial charge in [0.2, 0.25) is 0 Å². The molecule has 0 aliphatic carbocycles. The number of hydrogen-bond acceptors (Lipinski definition) is 0. The van der Waals surface area contributed by atoms with E-state index in [1.807, 2.05) is 0 Å². The summed E-state index contributed by atoms with van der Waals surface area (Å²) >= 11 is 0. The predicted octanol–water partition coefficient (Wildman–Crippen LogP) is 2.59. The van der Waals surface area contributed by atoms with Gasteiger partial charge in [-0.2, -0.15) is 20.3 Å². The second kappa shape index (κ2) is 10.2. The summed E-state index contributed by atoms with van der Waals surface area (Å²) in [4.78, 5) is 0. The average Bonchev–Trinajstić information content (AvgIpc) is 1.38. The molecule has 0 fully saturated rings. The summed E-state index contributed by atoms with van der Waals surface area (Å²) in [5, 5.41) is 0. The molecule has 0 N–H and O–H groups in total. The van der Waals surface area contributed by atoms with Crippen LogP contribution in [0.25, 0.3) is 0 Å². The topological polar surface area (TPSA) is 0 Å². The first kappa shape index (κ1) is 15.7. The Bertz CT molecular complexity index is 22.0. The molecule has 0 amide bonds. The third-order valence-corrected chi connectivity index (χ3v) is 0.707. The first-order valence-electron chi connectivity index (χ1n) is 2.06. The smallest absolute Gasteiger partial charge is 0 e. The minimum absolute atomic E-state index is 0. The van der Waals surface area contributed by atoms with Crippen LogP contribution >= 0.6 is 17.0 Å². The second-order valence-corrected chi connectivity index (χ2v) is 1.56. The Labute approximate surface area is 69.6 Å². The standard InChI is InChI=1S/C5H11.BrH.Zn/c1-4-5(2)3;;/h4H2,1-3H3;1H;/q-1;;. The summed E-state index contributed by atoms with van der Waals surface area (Å²) in [6, 6.07) is 0. The fraction of sp³-hybridized carbons (Fsp3) is 0.800. The van der Waals surface area contributed by atoms with Gasteiger partial charge in [0, 0.05) is 19.5 Å². The molecule has 7 heavy (non-hydrogen) atoms. The molecule has 0 aromatic heterocycles. The Hall–Kier alpha value is 1.10. The molecule has 0 aliphatic heterocycles. The second-order valence-electron chi connectivity index (χ2n) is 1.56. The first-order chi connectivity index (χ1) is 2.27.